The Morgan fingerprint density at radius 1 is 1.36 bits per heavy atom. The summed E-state index contributed by atoms with van der Waals surface area (Å²) in [6.45, 7) is 0.762. The fraction of sp³-hybridized carbons (Fsp3) is 0.176. The quantitative estimate of drug-likeness (QED) is 0.702. The van der Waals surface area contributed by atoms with Crippen LogP contribution in [-0.2, 0) is 11.3 Å². The van der Waals surface area contributed by atoms with Crippen LogP contribution in [0.5, 0.6) is 11.5 Å². The van der Waals surface area contributed by atoms with Crippen molar-refractivity contribution in [2.45, 2.75) is 12.6 Å². The largest absolute Gasteiger partial charge is 0.485 e. The Morgan fingerprint density at radius 3 is 3.00 bits per heavy atom. The molecule has 0 saturated heterocycles. The first-order valence-corrected chi connectivity index (χ1v) is 9.30. The molecule has 25 heavy (non-hydrogen) atoms. The second-order valence-corrected chi connectivity index (χ2v) is 7.37. The molecule has 3 aromatic rings. The number of anilines is 1. The number of benzene rings is 1. The van der Waals surface area contributed by atoms with Crippen LogP contribution >= 0.6 is 27.3 Å². The number of nitrogens with one attached hydrogen (secondary N) is 1. The molecule has 128 valence electrons. The number of para-hydroxylation sites is 2. The molecule has 0 unspecified atom stereocenters. The van der Waals surface area contributed by atoms with Gasteiger partial charge >= 0.3 is 0 Å². The molecule has 1 aliphatic heterocycles. The summed E-state index contributed by atoms with van der Waals surface area (Å²) in [4.78, 5) is 13.7. The summed E-state index contributed by atoms with van der Waals surface area (Å²) in [6, 6.07) is 11.1. The topological polar surface area (TPSA) is 65.4 Å². The van der Waals surface area contributed by atoms with E-state index in [0.29, 0.717) is 23.9 Å². The van der Waals surface area contributed by atoms with Gasteiger partial charge in [-0.05, 0) is 34.1 Å². The van der Waals surface area contributed by atoms with Gasteiger partial charge in [0.05, 0.1) is 12.7 Å². The first-order chi connectivity index (χ1) is 12.2. The highest BCUT2D eigenvalue weighted by Crippen LogP contribution is 2.31. The second kappa shape index (κ2) is 6.89. The lowest BCUT2D eigenvalue weighted by molar-refractivity contribution is -0.125. The molecule has 0 spiro atoms. The van der Waals surface area contributed by atoms with E-state index in [0.717, 1.165) is 9.35 Å². The summed E-state index contributed by atoms with van der Waals surface area (Å²) in [5, 5.41) is 9.16. The summed E-state index contributed by atoms with van der Waals surface area (Å²) in [7, 11) is 0. The van der Waals surface area contributed by atoms with Crippen LogP contribution in [0.2, 0.25) is 0 Å². The molecule has 1 N–H and O–H groups in total. The zero-order valence-electron chi connectivity index (χ0n) is 13.0. The van der Waals surface area contributed by atoms with Gasteiger partial charge in [0, 0.05) is 20.8 Å². The Balaban J connectivity index is 1.44. The molecule has 0 aliphatic carbocycles. The van der Waals surface area contributed by atoms with Gasteiger partial charge in [0.1, 0.15) is 12.4 Å². The van der Waals surface area contributed by atoms with E-state index >= 15 is 0 Å². The van der Waals surface area contributed by atoms with Crippen molar-refractivity contribution in [3.63, 3.8) is 0 Å². The van der Waals surface area contributed by atoms with E-state index in [1.54, 1.807) is 34.3 Å². The fourth-order valence-corrected chi connectivity index (χ4v) is 3.94. The molecule has 2 aromatic heterocycles. The highest BCUT2D eigenvalue weighted by Gasteiger charge is 2.27. The van der Waals surface area contributed by atoms with Gasteiger partial charge < -0.3 is 14.8 Å². The monoisotopic (exact) mass is 419 g/mol. The second-order valence-electron chi connectivity index (χ2n) is 5.46. The lowest BCUT2D eigenvalue weighted by Crippen LogP contribution is -2.40. The molecule has 0 fully saturated rings. The number of ether oxygens (including phenoxy) is 2. The molecule has 1 aliphatic rings. The molecule has 3 heterocycles. The van der Waals surface area contributed by atoms with Crippen molar-refractivity contribution in [1.82, 2.24) is 9.78 Å². The van der Waals surface area contributed by atoms with E-state index in [-0.39, 0.29) is 12.5 Å². The van der Waals surface area contributed by atoms with Gasteiger partial charge in [0.2, 0.25) is 6.10 Å². The van der Waals surface area contributed by atoms with Crippen molar-refractivity contribution in [2.24, 2.45) is 0 Å². The van der Waals surface area contributed by atoms with Gasteiger partial charge in [-0.25, -0.2) is 4.68 Å². The van der Waals surface area contributed by atoms with E-state index in [1.165, 1.54) is 0 Å². The summed E-state index contributed by atoms with van der Waals surface area (Å²) < 4.78 is 14.1. The number of rotatable bonds is 4. The maximum absolute atomic E-state index is 12.5. The molecule has 1 amide bonds. The number of halogens is 1. The van der Waals surface area contributed by atoms with E-state index in [4.69, 9.17) is 9.47 Å². The minimum Gasteiger partial charge on any atom is -0.485 e. The zero-order chi connectivity index (χ0) is 17.2. The molecule has 8 heteroatoms. The average Bonchev–Trinajstić information content (AvgIpc) is 3.24. The molecule has 0 saturated carbocycles. The Bertz CT molecular complexity index is 908. The SMILES string of the molecule is O=C(Nc1ccnn1Cc1cc(Br)cs1)[C@@H]1COc2ccccc2O1. The lowest BCUT2D eigenvalue weighted by atomic mass is 10.2. The van der Waals surface area contributed by atoms with Crippen molar-refractivity contribution < 1.29 is 14.3 Å². The smallest absolute Gasteiger partial charge is 0.270 e. The lowest BCUT2D eigenvalue weighted by Gasteiger charge is -2.25. The predicted molar refractivity (Wildman–Crippen MR) is 98.3 cm³/mol. The molecule has 4 rings (SSSR count). The highest BCUT2D eigenvalue weighted by atomic mass is 79.9. The van der Waals surface area contributed by atoms with Crippen molar-refractivity contribution in [3.05, 3.63) is 57.3 Å². The average molecular weight is 420 g/mol. The highest BCUT2D eigenvalue weighted by molar-refractivity contribution is 9.10. The molecular formula is C17H14BrN3O3S. The number of aromatic nitrogens is 2. The number of carbonyl (C=O) groups excluding carboxylic acids is 1. The molecular weight excluding hydrogens is 406 g/mol. The Morgan fingerprint density at radius 2 is 2.20 bits per heavy atom. The van der Waals surface area contributed by atoms with Crippen molar-refractivity contribution >= 4 is 39.0 Å². The van der Waals surface area contributed by atoms with E-state index in [1.807, 2.05) is 29.6 Å². The number of fused-ring (bicyclic) bond motifs is 1. The number of carbonyl (C=O) groups is 1. The standard InChI is InChI=1S/C17H14BrN3O3S/c18-11-7-12(25-10-11)8-21-16(5-6-19-21)20-17(22)15-9-23-13-3-1-2-4-14(13)24-15/h1-7,10,15H,8-9H2,(H,20,22)/t15-/m0/s1. The zero-order valence-corrected chi connectivity index (χ0v) is 15.4. The minimum atomic E-state index is -0.700. The van der Waals surface area contributed by atoms with Gasteiger partial charge in [0.25, 0.3) is 5.91 Å². The van der Waals surface area contributed by atoms with Crippen LogP contribution in [0.15, 0.2) is 52.4 Å². The molecule has 1 atom stereocenters. The normalized spacial score (nSPS) is 15.8. The van der Waals surface area contributed by atoms with Crippen LogP contribution in [0.4, 0.5) is 5.82 Å². The van der Waals surface area contributed by atoms with E-state index in [2.05, 4.69) is 26.3 Å². The molecule has 0 radical (unpaired) electrons. The van der Waals surface area contributed by atoms with Crippen LogP contribution < -0.4 is 14.8 Å². The van der Waals surface area contributed by atoms with Gasteiger partial charge in [-0.15, -0.1) is 11.3 Å². The van der Waals surface area contributed by atoms with Crippen LogP contribution in [-0.4, -0.2) is 28.4 Å². The van der Waals surface area contributed by atoms with E-state index in [9.17, 15) is 4.79 Å². The minimum absolute atomic E-state index is 0.175. The fourth-order valence-electron chi connectivity index (χ4n) is 2.50. The Kier molecular flexibility index (Phi) is 4.46. The van der Waals surface area contributed by atoms with Crippen LogP contribution in [0.25, 0.3) is 0 Å². The number of thiophene rings is 1. The number of amides is 1. The Hall–Kier alpha value is -2.32. The number of hydrogen-bond acceptors (Lipinski definition) is 5. The molecule has 1 aromatic carbocycles. The molecule has 0 bridgehead atoms. The third kappa shape index (κ3) is 3.54. The van der Waals surface area contributed by atoms with Gasteiger partial charge in [-0.3, -0.25) is 4.79 Å². The first kappa shape index (κ1) is 16.2. The Labute approximate surface area is 156 Å². The third-order valence-electron chi connectivity index (χ3n) is 3.70. The van der Waals surface area contributed by atoms with Crippen LogP contribution in [0.1, 0.15) is 4.88 Å². The van der Waals surface area contributed by atoms with Gasteiger partial charge in [-0.2, -0.15) is 5.10 Å². The maximum atomic E-state index is 12.5. The summed E-state index contributed by atoms with van der Waals surface area (Å²) in [5.41, 5.74) is 0. The summed E-state index contributed by atoms with van der Waals surface area (Å²) in [5.74, 6) is 1.59. The van der Waals surface area contributed by atoms with Crippen molar-refractivity contribution in [3.8, 4) is 11.5 Å². The maximum Gasteiger partial charge on any atom is 0.270 e. The number of nitrogens with zero attached hydrogens (tertiary/aromatic N) is 2. The van der Waals surface area contributed by atoms with Crippen molar-refractivity contribution in [1.29, 1.82) is 0 Å². The van der Waals surface area contributed by atoms with E-state index < -0.39 is 6.10 Å². The predicted octanol–water partition coefficient (Wildman–Crippen LogP) is 3.53. The summed E-state index contributed by atoms with van der Waals surface area (Å²) >= 11 is 5.07. The molecule has 6 nitrogen and oxygen atoms in total. The van der Waals surface area contributed by atoms with Crippen molar-refractivity contribution in [2.75, 3.05) is 11.9 Å². The first-order valence-electron chi connectivity index (χ1n) is 7.63. The van der Waals surface area contributed by atoms with Gasteiger partial charge in [0.15, 0.2) is 11.5 Å². The summed E-state index contributed by atoms with van der Waals surface area (Å²) in [6.07, 6.45) is 0.959. The van der Waals surface area contributed by atoms with Crippen LogP contribution in [0.3, 0.4) is 0 Å². The third-order valence-corrected chi connectivity index (χ3v) is 5.38. The number of hydrogen-bond donors (Lipinski definition) is 1. The van der Waals surface area contributed by atoms with Gasteiger partial charge in [-0.1, -0.05) is 12.1 Å². The van der Waals surface area contributed by atoms with Crippen LogP contribution in [0, 0.1) is 0 Å².